The number of carbonyl (C=O) groups is 1. The van der Waals surface area contributed by atoms with E-state index in [9.17, 15) is 4.79 Å². The molecule has 0 aliphatic heterocycles. The first-order valence-corrected chi connectivity index (χ1v) is 9.08. The van der Waals surface area contributed by atoms with Gasteiger partial charge in [-0.3, -0.25) is 4.79 Å². The summed E-state index contributed by atoms with van der Waals surface area (Å²) in [5.74, 6) is 0.588. The molecule has 2 aromatic carbocycles. The number of nitriles is 1. The maximum atomic E-state index is 12.9. The maximum absolute atomic E-state index is 12.9. The SMILES string of the molecule is CC(Oc1ccc(C#N)cc1)C(=O)N(Cc1cccc(Br)c1)C1CC1. The fourth-order valence-electron chi connectivity index (χ4n) is 2.70. The summed E-state index contributed by atoms with van der Waals surface area (Å²) in [6, 6.07) is 17.2. The number of halogens is 1. The van der Waals surface area contributed by atoms with Crippen molar-refractivity contribution in [1.82, 2.24) is 4.90 Å². The quantitative estimate of drug-likeness (QED) is 0.729. The molecule has 1 atom stereocenters. The van der Waals surface area contributed by atoms with E-state index in [1.165, 1.54) is 0 Å². The zero-order valence-electron chi connectivity index (χ0n) is 14.0. The molecule has 1 aliphatic rings. The predicted octanol–water partition coefficient (Wildman–Crippen LogP) is 4.28. The smallest absolute Gasteiger partial charge is 0.263 e. The molecule has 5 heteroatoms. The van der Waals surface area contributed by atoms with Crippen LogP contribution in [0.4, 0.5) is 0 Å². The van der Waals surface area contributed by atoms with E-state index < -0.39 is 6.10 Å². The normalized spacial score (nSPS) is 14.4. The van der Waals surface area contributed by atoms with Gasteiger partial charge in [0.2, 0.25) is 0 Å². The van der Waals surface area contributed by atoms with Crippen LogP contribution < -0.4 is 4.74 Å². The Hall–Kier alpha value is -2.32. The maximum Gasteiger partial charge on any atom is 0.263 e. The van der Waals surface area contributed by atoms with Crippen LogP contribution in [0.15, 0.2) is 53.0 Å². The van der Waals surface area contributed by atoms with Crippen molar-refractivity contribution in [1.29, 1.82) is 5.26 Å². The Morgan fingerprint density at radius 2 is 2.04 bits per heavy atom. The average Bonchev–Trinajstić information content (AvgIpc) is 3.45. The summed E-state index contributed by atoms with van der Waals surface area (Å²) in [5.41, 5.74) is 1.67. The second-order valence-electron chi connectivity index (χ2n) is 6.22. The van der Waals surface area contributed by atoms with E-state index in [1.807, 2.05) is 29.2 Å². The van der Waals surface area contributed by atoms with Crippen LogP contribution in [0, 0.1) is 11.3 Å². The van der Waals surface area contributed by atoms with Gasteiger partial charge in [0, 0.05) is 17.1 Å². The monoisotopic (exact) mass is 398 g/mol. The van der Waals surface area contributed by atoms with Gasteiger partial charge in [-0.05, 0) is 61.7 Å². The Morgan fingerprint density at radius 3 is 2.64 bits per heavy atom. The lowest BCUT2D eigenvalue weighted by Crippen LogP contribution is -2.41. The summed E-state index contributed by atoms with van der Waals surface area (Å²) < 4.78 is 6.80. The number of amides is 1. The lowest BCUT2D eigenvalue weighted by Gasteiger charge is -2.26. The Labute approximate surface area is 156 Å². The van der Waals surface area contributed by atoms with Crippen LogP contribution in [-0.4, -0.2) is 23.0 Å². The highest BCUT2D eigenvalue weighted by Gasteiger charge is 2.35. The molecule has 2 aromatic rings. The highest BCUT2D eigenvalue weighted by Crippen LogP contribution is 2.30. The third-order valence-corrected chi connectivity index (χ3v) is 4.65. The van der Waals surface area contributed by atoms with Crippen LogP contribution in [0.3, 0.4) is 0 Å². The molecule has 1 fully saturated rings. The zero-order valence-corrected chi connectivity index (χ0v) is 15.6. The molecule has 1 unspecified atom stereocenters. The van der Waals surface area contributed by atoms with Crippen molar-refractivity contribution in [3.8, 4) is 11.8 Å². The number of rotatable bonds is 6. The molecule has 0 aromatic heterocycles. The largest absolute Gasteiger partial charge is 0.481 e. The fourth-order valence-corrected chi connectivity index (χ4v) is 3.15. The summed E-state index contributed by atoms with van der Waals surface area (Å²) in [5, 5.41) is 8.84. The molecule has 25 heavy (non-hydrogen) atoms. The number of ether oxygens (including phenoxy) is 1. The summed E-state index contributed by atoms with van der Waals surface area (Å²) in [4.78, 5) is 14.8. The van der Waals surface area contributed by atoms with Crippen molar-refractivity contribution in [2.45, 2.75) is 38.5 Å². The van der Waals surface area contributed by atoms with Crippen LogP contribution in [0.5, 0.6) is 5.75 Å². The van der Waals surface area contributed by atoms with Crippen molar-refractivity contribution >= 4 is 21.8 Å². The van der Waals surface area contributed by atoms with Crippen molar-refractivity contribution in [2.75, 3.05) is 0 Å². The van der Waals surface area contributed by atoms with Gasteiger partial charge in [-0.1, -0.05) is 28.1 Å². The molecular formula is C20H19BrN2O2. The molecule has 0 N–H and O–H groups in total. The number of hydrogen-bond acceptors (Lipinski definition) is 3. The van der Waals surface area contributed by atoms with Crippen LogP contribution in [0.1, 0.15) is 30.9 Å². The van der Waals surface area contributed by atoms with Gasteiger partial charge in [0.25, 0.3) is 5.91 Å². The first kappa shape index (κ1) is 17.5. The lowest BCUT2D eigenvalue weighted by molar-refractivity contribution is -0.139. The van der Waals surface area contributed by atoms with Crippen molar-refractivity contribution in [3.63, 3.8) is 0 Å². The number of hydrogen-bond donors (Lipinski definition) is 0. The molecule has 4 nitrogen and oxygen atoms in total. The van der Waals surface area contributed by atoms with E-state index >= 15 is 0 Å². The molecule has 1 amide bonds. The van der Waals surface area contributed by atoms with Crippen LogP contribution >= 0.6 is 15.9 Å². The minimum Gasteiger partial charge on any atom is -0.481 e. The Bertz CT molecular complexity index is 794. The van der Waals surface area contributed by atoms with Crippen LogP contribution in [-0.2, 0) is 11.3 Å². The second kappa shape index (κ2) is 7.71. The van der Waals surface area contributed by atoms with Crippen LogP contribution in [0.25, 0.3) is 0 Å². The van der Waals surface area contributed by atoms with E-state index in [-0.39, 0.29) is 5.91 Å². The summed E-state index contributed by atoms with van der Waals surface area (Å²) in [7, 11) is 0. The van der Waals surface area contributed by atoms with E-state index in [0.717, 1.165) is 22.9 Å². The molecular weight excluding hydrogens is 380 g/mol. The Morgan fingerprint density at radius 1 is 1.32 bits per heavy atom. The molecule has 0 heterocycles. The molecule has 128 valence electrons. The number of benzene rings is 2. The molecule has 0 radical (unpaired) electrons. The molecule has 0 bridgehead atoms. The summed E-state index contributed by atoms with van der Waals surface area (Å²) >= 11 is 3.48. The third-order valence-electron chi connectivity index (χ3n) is 4.16. The second-order valence-corrected chi connectivity index (χ2v) is 7.14. The summed E-state index contributed by atoms with van der Waals surface area (Å²) in [6.45, 7) is 2.36. The Kier molecular flexibility index (Phi) is 5.40. The van der Waals surface area contributed by atoms with Crippen molar-refractivity contribution < 1.29 is 9.53 Å². The highest BCUT2D eigenvalue weighted by molar-refractivity contribution is 9.10. The van der Waals surface area contributed by atoms with E-state index in [4.69, 9.17) is 10.00 Å². The fraction of sp³-hybridized carbons (Fsp3) is 0.300. The number of carbonyl (C=O) groups excluding carboxylic acids is 1. The predicted molar refractivity (Wildman–Crippen MR) is 99.0 cm³/mol. The van der Waals surface area contributed by atoms with Gasteiger partial charge in [-0.2, -0.15) is 5.26 Å². The van der Waals surface area contributed by atoms with Gasteiger partial charge < -0.3 is 9.64 Å². The summed E-state index contributed by atoms with van der Waals surface area (Å²) in [6.07, 6.45) is 1.52. The van der Waals surface area contributed by atoms with Gasteiger partial charge in [0.1, 0.15) is 5.75 Å². The van der Waals surface area contributed by atoms with Crippen LogP contribution in [0.2, 0.25) is 0 Å². The van der Waals surface area contributed by atoms with Crippen molar-refractivity contribution in [3.05, 3.63) is 64.1 Å². The minimum absolute atomic E-state index is 0.00756. The van der Waals surface area contributed by atoms with Gasteiger partial charge in [0.15, 0.2) is 6.10 Å². The van der Waals surface area contributed by atoms with Gasteiger partial charge in [-0.15, -0.1) is 0 Å². The van der Waals surface area contributed by atoms with E-state index in [0.29, 0.717) is 23.9 Å². The molecule has 0 spiro atoms. The lowest BCUT2D eigenvalue weighted by atomic mass is 10.2. The average molecular weight is 399 g/mol. The zero-order chi connectivity index (χ0) is 17.8. The molecule has 3 rings (SSSR count). The number of nitrogens with zero attached hydrogens (tertiary/aromatic N) is 2. The van der Waals surface area contributed by atoms with Gasteiger partial charge >= 0.3 is 0 Å². The standard InChI is InChI=1S/C20H19BrN2O2/c1-14(25-19-9-5-15(12-22)6-10-19)20(24)23(18-7-8-18)13-16-3-2-4-17(21)11-16/h2-6,9-11,14,18H,7-8,13H2,1H3. The van der Waals surface area contributed by atoms with Gasteiger partial charge in [-0.25, -0.2) is 0 Å². The van der Waals surface area contributed by atoms with Gasteiger partial charge in [0.05, 0.1) is 11.6 Å². The third kappa shape index (κ3) is 4.61. The molecule has 1 aliphatic carbocycles. The first-order chi connectivity index (χ1) is 12.1. The molecule has 1 saturated carbocycles. The Balaban J connectivity index is 1.68. The highest BCUT2D eigenvalue weighted by atomic mass is 79.9. The minimum atomic E-state index is -0.569. The molecule has 0 saturated heterocycles. The topological polar surface area (TPSA) is 53.3 Å². The van der Waals surface area contributed by atoms with Crippen molar-refractivity contribution in [2.24, 2.45) is 0 Å². The van der Waals surface area contributed by atoms with E-state index in [2.05, 4.69) is 22.0 Å². The van der Waals surface area contributed by atoms with E-state index in [1.54, 1.807) is 31.2 Å². The first-order valence-electron chi connectivity index (χ1n) is 8.28.